The zero-order valence-corrected chi connectivity index (χ0v) is 13.7. The van der Waals surface area contributed by atoms with Gasteiger partial charge in [0.25, 0.3) is 0 Å². The van der Waals surface area contributed by atoms with Gasteiger partial charge in [0.2, 0.25) is 5.91 Å². The molecule has 1 aromatic heterocycles. The number of aliphatic hydroxyl groups is 1. The molecular weight excluding hydrogens is 326 g/mol. The molecule has 0 saturated carbocycles. The average Bonchev–Trinajstić information content (AvgIpc) is 2.84. The number of rotatable bonds is 7. The number of amides is 1. The largest absolute Gasteiger partial charge is 0.396 e. The van der Waals surface area contributed by atoms with Gasteiger partial charge in [-0.2, -0.15) is 0 Å². The highest BCUT2D eigenvalue weighted by Crippen LogP contribution is 2.24. The molecule has 2 N–H and O–H groups in total. The minimum Gasteiger partial charge on any atom is -0.396 e. The quantitative estimate of drug-likeness (QED) is 0.743. The molecule has 0 aliphatic heterocycles. The highest BCUT2D eigenvalue weighted by molar-refractivity contribution is 9.11. The van der Waals surface area contributed by atoms with Crippen LogP contribution in [0.4, 0.5) is 0 Å². The molecule has 0 radical (unpaired) electrons. The molecule has 0 atom stereocenters. The Morgan fingerprint density at radius 2 is 2.16 bits per heavy atom. The van der Waals surface area contributed by atoms with Crippen molar-refractivity contribution in [1.82, 2.24) is 5.32 Å². The first-order valence-electron chi connectivity index (χ1n) is 6.37. The van der Waals surface area contributed by atoms with Crippen molar-refractivity contribution in [3.8, 4) is 0 Å². The molecule has 19 heavy (non-hydrogen) atoms. The lowest BCUT2D eigenvalue weighted by Gasteiger charge is -2.29. The van der Waals surface area contributed by atoms with Crippen molar-refractivity contribution in [2.45, 2.75) is 26.7 Å². The fraction of sp³-hybridized carbons (Fsp3) is 0.500. The Balaban J connectivity index is 2.49. The molecule has 0 saturated heterocycles. The van der Waals surface area contributed by atoms with Crippen LogP contribution in [0.25, 0.3) is 6.08 Å². The van der Waals surface area contributed by atoms with Gasteiger partial charge in [-0.3, -0.25) is 4.79 Å². The number of carbonyl (C=O) groups is 1. The molecule has 1 aromatic rings. The van der Waals surface area contributed by atoms with Gasteiger partial charge in [-0.25, -0.2) is 0 Å². The fourth-order valence-electron chi connectivity index (χ4n) is 1.69. The molecule has 0 aliphatic rings. The fourth-order valence-corrected chi connectivity index (χ4v) is 3.02. The third-order valence-corrected chi connectivity index (χ3v) is 5.05. The number of nitrogens with one attached hydrogen (secondary N) is 1. The molecule has 5 heteroatoms. The van der Waals surface area contributed by atoms with Crippen LogP contribution in [-0.2, 0) is 4.79 Å². The second kappa shape index (κ2) is 7.82. The van der Waals surface area contributed by atoms with Gasteiger partial charge in [0.15, 0.2) is 0 Å². The Hall–Kier alpha value is -0.650. The monoisotopic (exact) mass is 345 g/mol. The van der Waals surface area contributed by atoms with Crippen LogP contribution in [0.5, 0.6) is 0 Å². The Morgan fingerprint density at radius 3 is 2.63 bits per heavy atom. The smallest absolute Gasteiger partial charge is 0.244 e. The summed E-state index contributed by atoms with van der Waals surface area (Å²) in [4.78, 5) is 12.8. The normalized spacial score (nSPS) is 12.0. The summed E-state index contributed by atoms with van der Waals surface area (Å²) < 4.78 is 1.05. The van der Waals surface area contributed by atoms with Crippen molar-refractivity contribution in [3.63, 3.8) is 0 Å². The van der Waals surface area contributed by atoms with Gasteiger partial charge in [-0.15, -0.1) is 11.3 Å². The number of hydrogen-bond donors (Lipinski definition) is 2. The van der Waals surface area contributed by atoms with Crippen LogP contribution in [0.3, 0.4) is 0 Å². The summed E-state index contributed by atoms with van der Waals surface area (Å²) in [6, 6.07) is 3.90. The first-order valence-corrected chi connectivity index (χ1v) is 7.98. The summed E-state index contributed by atoms with van der Waals surface area (Å²) in [6.45, 7) is 4.67. The third kappa shape index (κ3) is 5.09. The maximum absolute atomic E-state index is 11.7. The first-order chi connectivity index (χ1) is 9.05. The summed E-state index contributed by atoms with van der Waals surface area (Å²) in [5.74, 6) is -0.121. The molecule has 0 spiro atoms. The van der Waals surface area contributed by atoms with E-state index in [1.54, 1.807) is 17.4 Å². The standard InChI is InChI=1S/C14H20BrNO2S/c1-3-14(4-2,10-17)9-16-13(18)8-6-11-5-7-12(15)19-11/h5-8,17H,3-4,9-10H2,1-2H3,(H,16,18)/b8-6+. The van der Waals surface area contributed by atoms with Crippen LogP contribution in [-0.4, -0.2) is 24.2 Å². The average molecular weight is 346 g/mol. The van der Waals surface area contributed by atoms with Crippen LogP contribution in [0, 0.1) is 5.41 Å². The van der Waals surface area contributed by atoms with E-state index >= 15 is 0 Å². The summed E-state index contributed by atoms with van der Waals surface area (Å²) in [5, 5.41) is 12.3. The van der Waals surface area contributed by atoms with Crippen LogP contribution >= 0.6 is 27.3 Å². The predicted octanol–water partition coefficient (Wildman–Crippen LogP) is 3.44. The van der Waals surface area contributed by atoms with Gasteiger partial charge in [0.1, 0.15) is 0 Å². The summed E-state index contributed by atoms with van der Waals surface area (Å²) in [6.07, 6.45) is 5.03. The Morgan fingerprint density at radius 1 is 1.47 bits per heavy atom. The third-order valence-electron chi connectivity index (χ3n) is 3.47. The summed E-state index contributed by atoms with van der Waals surface area (Å²) >= 11 is 4.96. The molecule has 0 bridgehead atoms. The topological polar surface area (TPSA) is 49.3 Å². The molecular formula is C14H20BrNO2S. The zero-order chi connectivity index (χ0) is 14.3. The highest BCUT2D eigenvalue weighted by Gasteiger charge is 2.25. The Labute approximate surface area is 126 Å². The Kier molecular flexibility index (Phi) is 6.75. The lowest BCUT2D eigenvalue weighted by molar-refractivity contribution is -0.117. The van der Waals surface area contributed by atoms with Crippen LogP contribution in [0.15, 0.2) is 22.0 Å². The van der Waals surface area contributed by atoms with Crippen molar-refractivity contribution in [1.29, 1.82) is 0 Å². The van der Waals surface area contributed by atoms with E-state index in [1.807, 2.05) is 26.0 Å². The lowest BCUT2D eigenvalue weighted by atomic mass is 9.83. The number of thiophene rings is 1. The summed E-state index contributed by atoms with van der Waals surface area (Å²) in [7, 11) is 0. The molecule has 0 unspecified atom stereocenters. The second-order valence-corrected chi connectivity index (χ2v) is 7.05. The summed E-state index contributed by atoms with van der Waals surface area (Å²) in [5.41, 5.74) is -0.199. The Bertz CT molecular complexity index is 430. The van der Waals surface area contributed by atoms with Crippen molar-refractivity contribution >= 4 is 39.2 Å². The molecule has 1 rings (SSSR count). The van der Waals surface area contributed by atoms with E-state index in [-0.39, 0.29) is 17.9 Å². The van der Waals surface area contributed by atoms with Gasteiger partial charge in [-0.1, -0.05) is 13.8 Å². The number of aliphatic hydroxyl groups excluding tert-OH is 1. The molecule has 106 valence electrons. The van der Waals surface area contributed by atoms with Gasteiger partial charge in [0, 0.05) is 22.9 Å². The molecule has 3 nitrogen and oxygen atoms in total. The number of carbonyl (C=O) groups excluding carboxylic acids is 1. The van der Waals surface area contributed by atoms with Crippen molar-refractivity contribution in [2.75, 3.05) is 13.2 Å². The number of hydrogen-bond acceptors (Lipinski definition) is 3. The van der Waals surface area contributed by atoms with E-state index in [9.17, 15) is 9.90 Å². The van der Waals surface area contributed by atoms with Crippen molar-refractivity contribution in [3.05, 3.63) is 26.9 Å². The zero-order valence-electron chi connectivity index (χ0n) is 11.3. The van der Waals surface area contributed by atoms with Crippen molar-refractivity contribution in [2.24, 2.45) is 5.41 Å². The maximum atomic E-state index is 11.7. The minimum atomic E-state index is -0.199. The van der Waals surface area contributed by atoms with E-state index in [0.717, 1.165) is 21.5 Å². The van der Waals surface area contributed by atoms with E-state index in [0.29, 0.717) is 6.54 Å². The second-order valence-electron chi connectivity index (χ2n) is 4.56. The molecule has 1 heterocycles. The maximum Gasteiger partial charge on any atom is 0.244 e. The van der Waals surface area contributed by atoms with Gasteiger partial charge >= 0.3 is 0 Å². The van der Waals surface area contributed by atoms with Crippen LogP contribution in [0.1, 0.15) is 31.6 Å². The SMILES string of the molecule is CCC(CC)(CO)CNC(=O)/C=C/c1ccc(Br)s1. The van der Waals surface area contributed by atoms with E-state index < -0.39 is 0 Å². The molecule has 0 aromatic carbocycles. The van der Waals surface area contributed by atoms with Gasteiger partial charge in [-0.05, 0) is 47.0 Å². The van der Waals surface area contributed by atoms with Crippen LogP contribution in [0.2, 0.25) is 0 Å². The van der Waals surface area contributed by atoms with Crippen molar-refractivity contribution < 1.29 is 9.90 Å². The highest BCUT2D eigenvalue weighted by atomic mass is 79.9. The lowest BCUT2D eigenvalue weighted by Crippen LogP contribution is -2.38. The van der Waals surface area contributed by atoms with Crippen LogP contribution < -0.4 is 5.32 Å². The first kappa shape index (κ1) is 16.4. The molecule has 0 fully saturated rings. The van der Waals surface area contributed by atoms with Gasteiger partial charge < -0.3 is 10.4 Å². The van der Waals surface area contributed by atoms with Gasteiger partial charge in [0.05, 0.1) is 10.4 Å². The van der Waals surface area contributed by atoms with E-state index in [2.05, 4.69) is 21.2 Å². The predicted molar refractivity (Wildman–Crippen MR) is 84.2 cm³/mol. The van der Waals surface area contributed by atoms with E-state index in [4.69, 9.17) is 0 Å². The molecule has 0 aliphatic carbocycles. The molecule has 1 amide bonds. The number of halogens is 1. The minimum absolute atomic E-state index is 0.0991. The van der Waals surface area contributed by atoms with E-state index in [1.165, 1.54) is 6.08 Å².